The molecule has 3 aliphatic rings. The first-order valence-corrected chi connectivity index (χ1v) is 11.0. The molecule has 2 heterocycles. The number of esters is 1. The van der Waals surface area contributed by atoms with Gasteiger partial charge in [-0.1, -0.05) is 30.3 Å². The molecule has 2 aromatic carbocycles. The van der Waals surface area contributed by atoms with Crippen LogP contribution in [0.5, 0.6) is 0 Å². The van der Waals surface area contributed by atoms with Crippen molar-refractivity contribution in [3.05, 3.63) is 70.5 Å². The standard InChI is InChI=1S/C25H28FNO3/c1-16(28)29-20-8-10-27(11-9-20)15-21-14-24-22-5-3-2-4-17(22)12-18-6-7-19(26)13-23(18)25(24)30-21/h2-7,13,20-21,24-25H,8-12,14-15H2,1H3/t21-,24-,25+/m1/s1. The largest absolute Gasteiger partial charge is 0.462 e. The quantitative estimate of drug-likeness (QED) is 0.706. The van der Waals surface area contributed by atoms with Gasteiger partial charge in [-0.15, -0.1) is 0 Å². The van der Waals surface area contributed by atoms with E-state index in [4.69, 9.17) is 9.47 Å². The smallest absolute Gasteiger partial charge is 0.302 e. The van der Waals surface area contributed by atoms with Crippen molar-refractivity contribution in [2.24, 2.45) is 0 Å². The number of fused-ring (bicyclic) bond motifs is 5. The third kappa shape index (κ3) is 3.88. The van der Waals surface area contributed by atoms with Gasteiger partial charge in [0.15, 0.2) is 0 Å². The van der Waals surface area contributed by atoms with Crippen LogP contribution in [-0.4, -0.2) is 42.7 Å². The highest BCUT2D eigenvalue weighted by Crippen LogP contribution is 2.49. The Kier molecular flexibility index (Phi) is 5.34. The Balaban J connectivity index is 1.34. The van der Waals surface area contributed by atoms with Gasteiger partial charge in [0.2, 0.25) is 0 Å². The Morgan fingerprint density at radius 2 is 1.90 bits per heavy atom. The molecule has 3 atom stereocenters. The van der Waals surface area contributed by atoms with E-state index in [0.29, 0.717) is 0 Å². The lowest BCUT2D eigenvalue weighted by molar-refractivity contribution is -0.148. The van der Waals surface area contributed by atoms with Crippen molar-refractivity contribution < 1.29 is 18.7 Å². The van der Waals surface area contributed by atoms with Crippen molar-refractivity contribution in [1.29, 1.82) is 0 Å². The molecule has 2 aliphatic heterocycles. The van der Waals surface area contributed by atoms with Crippen LogP contribution in [0.4, 0.5) is 4.39 Å². The van der Waals surface area contributed by atoms with E-state index in [1.807, 2.05) is 6.07 Å². The molecule has 158 valence electrons. The maximum atomic E-state index is 14.1. The fourth-order valence-electron chi connectivity index (χ4n) is 5.45. The highest BCUT2D eigenvalue weighted by Gasteiger charge is 2.41. The summed E-state index contributed by atoms with van der Waals surface area (Å²) in [6.07, 6.45) is 3.58. The lowest BCUT2D eigenvalue weighted by atomic mass is 9.87. The lowest BCUT2D eigenvalue weighted by Crippen LogP contribution is -2.41. The molecule has 2 fully saturated rings. The van der Waals surface area contributed by atoms with Crippen LogP contribution >= 0.6 is 0 Å². The zero-order valence-corrected chi connectivity index (χ0v) is 17.4. The molecule has 0 amide bonds. The predicted molar refractivity (Wildman–Crippen MR) is 112 cm³/mol. The highest BCUT2D eigenvalue weighted by atomic mass is 19.1. The Hall–Kier alpha value is -2.24. The molecule has 30 heavy (non-hydrogen) atoms. The van der Waals surface area contributed by atoms with E-state index in [2.05, 4.69) is 29.2 Å². The first kappa shape index (κ1) is 19.7. The second-order valence-corrected chi connectivity index (χ2v) is 8.85. The number of rotatable bonds is 3. The van der Waals surface area contributed by atoms with E-state index in [1.54, 1.807) is 12.1 Å². The summed E-state index contributed by atoms with van der Waals surface area (Å²) in [6.45, 7) is 4.16. The number of piperidine rings is 1. The third-order valence-corrected chi connectivity index (χ3v) is 6.80. The molecule has 2 saturated heterocycles. The van der Waals surface area contributed by atoms with E-state index in [-0.39, 0.29) is 36.0 Å². The van der Waals surface area contributed by atoms with Crippen LogP contribution in [0, 0.1) is 5.82 Å². The Bertz CT molecular complexity index is 938. The van der Waals surface area contributed by atoms with Gasteiger partial charge >= 0.3 is 5.97 Å². The van der Waals surface area contributed by atoms with Crippen molar-refractivity contribution in [3.63, 3.8) is 0 Å². The summed E-state index contributed by atoms with van der Waals surface area (Å²) in [5.41, 5.74) is 4.84. The van der Waals surface area contributed by atoms with E-state index >= 15 is 0 Å². The molecule has 0 saturated carbocycles. The number of carbonyl (C=O) groups is 1. The maximum Gasteiger partial charge on any atom is 0.302 e. The third-order valence-electron chi connectivity index (χ3n) is 6.80. The van der Waals surface area contributed by atoms with Crippen molar-refractivity contribution >= 4 is 5.97 Å². The summed E-state index contributed by atoms with van der Waals surface area (Å²) in [7, 11) is 0. The molecular weight excluding hydrogens is 381 g/mol. The number of hydrogen-bond donors (Lipinski definition) is 0. The maximum absolute atomic E-state index is 14.1. The van der Waals surface area contributed by atoms with Crippen molar-refractivity contribution in [2.45, 2.75) is 56.8 Å². The molecule has 0 N–H and O–H groups in total. The minimum atomic E-state index is -0.197. The van der Waals surface area contributed by atoms with Gasteiger partial charge in [-0.05, 0) is 60.1 Å². The van der Waals surface area contributed by atoms with E-state index in [0.717, 1.165) is 50.9 Å². The molecular formula is C25H28FNO3. The summed E-state index contributed by atoms with van der Waals surface area (Å²) in [4.78, 5) is 13.6. The SMILES string of the molecule is CC(=O)OC1CCN(C[C@H]2C[C@@H]3c4ccccc4Cc4ccc(F)cc4[C@@H]3O2)CC1. The van der Waals surface area contributed by atoms with Gasteiger partial charge in [0.1, 0.15) is 11.9 Å². The second kappa shape index (κ2) is 8.12. The summed E-state index contributed by atoms with van der Waals surface area (Å²) in [5.74, 6) is -0.136. The Morgan fingerprint density at radius 1 is 1.13 bits per heavy atom. The van der Waals surface area contributed by atoms with Crippen LogP contribution in [0.3, 0.4) is 0 Å². The van der Waals surface area contributed by atoms with Gasteiger partial charge in [-0.2, -0.15) is 0 Å². The topological polar surface area (TPSA) is 38.8 Å². The predicted octanol–water partition coefficient (Wildman–Crippen LogP) is 4.37. The number of ether oxygens (including phenoxy) is 2. The summed E-state index contributed by atoms with van der Waals surface area (Å²) < 4.78 is 26.1. The second-order valence-electron chi connectivity index (χ2n) is 8.85. The zero-order chi connectivity index (χ0) is 20.7. The van der Waals surface area contributed by atoms with Gasteiger partial charge in [0.05, 0.1) is 12.2 Å². The average molecular weight is 410 g/mol. The van der Waals surface area contributed by atoms with Crippen LogP contribution in [0.15, 0.2) is 42.5 Å². The highest BCUT2D eigenvalue weighted by molar-refractivity contribution is 5.66. The van der Waals surface area contributed by atoms with Crippen LogP contribution in [0.25, 0.3) is 0 Å². The monoisotopic (exact) mass is 409 g/mol. The molecule has 0 bridgehead atoms. The first-order chi connectivity index (χ1) is 14.6. The Labute approximate surface area is 177 Å². The molecule has 5 rings (SSSR count). The average Bonchev–Trinajstić information content (AvgIpc) is 3.09. The van der Waals surface area contributed by atoms with Gasteiger partial charge in [-0.25, -0.2) is 4.39 Å². The molecule has 1 aliphatic carbocycles. The van der Waals surface area contributed by atoms with Crippen molar-refractivity contribution in [3.8, 4) is 0 Å². The van der Waals surface area contributed by atoms with Gasteiger partial charge in [0.25, 0.3) is 0 Å². The van der Waals surface area contributed by atoms with E-state index in [1.165, 1.54) is 23.6 Å². The number of nitrogens with zero attached hydrogens (tertiary/aromatic N) is 1. The van der Waals surface area contributed by atoms with Crippen molar-refractivity contribution in [2.75, 3.05) is 19.6 Å². The van der Waals surface area contributed by atoms with E-state index < -0.39 is 0 Å². The van der Waals surface area contributed by atoms with Crippen LogP contribution in [-0.2, 0) is 20.7 Å². The van der Waals surface area contributed by atoms with Gasteiger partial charge in [-0.3, -0.25) is 4.79 Å². The minimum Gasteiger partial charge on any atom is -0.462 e. The van der Waals surface area contributed by atoms with Gasteiger partial charge < -0.3 is 14.4 Å². The fourth-order valence-corrected chi connectivity index (χ4v) is 5.45. The van der Waals surface area contributed by atoms with Crippen LogP contribution in [0.1, 0.15) is 60.5 Å². The van der Waals surface area contributed by atoms with Crippen molar-refractivity contribution in [1.82, 2.24) is 4.90 Å². The number of carbonyl (C=O) groups excluding carboxylic acids is 1. The molecule has 2 aromatic rings. The summed E-state index contributed by atoms with van der Waals surface area (Å²) in [6, 6.07) is 13.7. The zero-order valence-electron chi connectivity index (χ0n) is 17.4. The molecule has 0 radical (unpaired) electrons. The molecule has 0 aromatic heterocycles. The number of halogens is 1. The number of benzene rings is 2. The summed E-state index contributed by atoms with van der Waals surface area (Å²) in [5, 5.41) is 0. The Morgan fingerprint density at radius 3 is 2.70 bits per heavy atom. The molecule has 4 nitrogen and oxygen atoms in total. The molecule has 0 unspecified atom stereocenters. The normalized spacial score (nSPS) is 26.4. The molecule has 0 spiro atoms. The minimum absolute atomic E-state index is 0.0380. The summed E-state index contributed by atoms with van der Waals surface area (Å²) >= 11 is 0. The van der Waals surface area contributed by atoms with Gasteiger partial charge in [0, 0.05) is 32.5 Å². The van der Waals surface area contributed by atoms with Crippen LogP contribution < -0.4 is 0 Å². The number of likely N-dealkylation sites (tertiary alicyclic amines) is 1. The first-order valence-electron chi connectivity index (χ1n) is 11.0. The van der Waals surface area contributed by atoms with E-state index in [9.17, 15) is 9.18 Å². The fraction of sp³-hybridized carbons (Fsp3) is 0.480. The lowest BCUT2D eigenvalue weighted by Gasteiger charge is -2.33. The molecule has 5 heteroatoms. The number of hydrogen-bond acceptors (Lipinski definition) is 4. The van der Waals surface area contributed by atoms with Crippen LogP contribution in [0.2, 0.25) is 0 Å².